The first-order valence-corrected chi connectivity index (χ1v) is 12.1. The highest BCUT2D eigenvalue weighted by molar-refractivity contribution is 7.10. The van der Waals surface area contributed by atoms with E-state index < -0.39 is 0 Å². The summed E-state index contributed by atoms with van der Waals surface area (Å²) < 4.78 is 6.09. The van der Waals surface area contributed by atoms with E-state index in [-0.39, 0.29) is 36.1 Å². The van der Waals surface area contributed by atoms with Crippen LogP contribution in [0.4, 0.5) is 4.79 Å². The Morgan fingerprint density at radius 1 is 1.22 bits per heavy atom. The Kier molecular flexibility index (Phi) is 7.49. The van der Waals surface area contributed by atoms with Crippen LogP contribution in [-0.2, 0) is 11.2 Å². The lowest BCUT2D eigenvalue weighted by Gasteiger charge is -2.38. The third-order valence-corrected chi connectivity index (χ3v) is 6.51. The highest BCUT2D eigenvalue weighted by Crippen LogP contribution is 2.34. The molecule has 174 valence electrons. The number of hydrogen-bond donors (Lipinski definition) is 1. The molecule has 0 bridgehead atoms. The Labute approximate surface area is 195 Å². The Morgan fingerprint density at radius 2 is 1.91 bits per heavy atom. The SMILES string of the molecule is Cc1ccc(OC[C@@H]2c3ccsc3CCN2C(=O)CN(C(=O)NC(C)(C)C)C(C)C)cc1. The average molecular weight is 458 g/mol. The molecule has 1 aliphatic rings. The zero-order valence-corrected chi connectivity index (χ0v) is 20.8. The van der Waals surface area contributed by atoms with Gasteiger partial charge in [0, 0.05) is 23.0 Å². The van der Waals surface area contributed by atoms with Crippen LogP contribution in [0.2, 0.25) is 0 Å². The molecule has 0 radical (unpaired) electrons. The predicted molar refractivity (Wildman–Crippen MR) is 129 cm³/mol. The summed E-state index contributed by atoms with van der Waals surface area (Å²) in [4.78, 5) is 31.0. The number of rotatable bonds is 6. The highest BCUT2D eigenvalue weighted by atomic mass is 32.1. The third-order valence-electron chi connectivity index (χ3n) is 5.52. The maximum Gasteiger partial charge on any atom is 0.318 e. The first-order chi connectivity index (χ1) is 15.0. The van der Waals surface area contributed by atoms with Gasteiger partial charge < -0.3 is 19.9 Å². The molecule has 1 aromatic carbocycles. The summed E-state index contributed by atoms with van der Waals surface area (Å²) in [6.07, 6.45) is 0.829. The summed E-state index contributed by atoms with van der Waals surface area (Å²) in [5.74, 6) is 0.732. The van der Waals surface area contributed by atoms with Crippen molar-refractivity contribution in [3.8, 4) is 5.75 Å². The number of aryl methyl sites for hydroxylation is 1. The Bertz CT molecular complexity index is 931. The molecule has 0 unspecified atom stereocenters. The van der Waals surface area contributed by atoms with E-state index in [2.05, 4.69) is 16.8 Å². The van der Waals surface area contributed by atoms with Gasteiger partial charge in [0.2, 0.25) is 5.91 Å². The monoisotopic (exact) mass is 457 g/mol. The maximum atomic E-state index is 13.4. The van der Waals surface area contributed by atoms with Crippen LogP contribution in [0.15, 0.2) is 35.7 Å². The van der Waals surface area contributed by atoms with Crippen LogP contribution >= 0.6 is 11.3 Å². The van der Waals surface area contributed by atoms with Crippen molar-refractivity contribution < 1.29 is 14.3 Å². The van der Waals surface area contributed by atoms with E-state index in [1.807, 2.05) is 70.7 Å². The summed E-state index contributed by atoms with van der Waals surface area (Å²) in [6, 6.07) is 9.55. The molecule has 0 spiro atoms. The molecule has 0 saturated heterocycles. The van der Waals surface area contributed by atoms with Crippen molar-refractivity contribution in [2.45, 2.75) is 65.6 Å². The zero-order valence-electron chi connectivity index (χ0n) is 20.0. The lowest BCUT2D eigenvalue weighted by Crippen LogP contribution is -2.54. The summed E-state index contributed by atoms with van der Waals surface area (Å²) in [5, 5.41) is 5.05. The molecule has 32 heavy (non-hydrogen) atoms. The van der Waals surface area contributed by atoms with Gasteiger partial charge in [0.05, 0.1) is 6.04 Å². The van der Waals surface area contributed by atoms with Gasteiger partial charge in [-0.2, -0.15) is 0 Å². The molecule has 1 N–H and O–H groups in total. The van der Waals surface area contributed by atoms with E-state index in [0.29, 0.717) is 13.2 Å². The van der Waals surface area contributed by atoms with E-state index in [4.69, 9.17) is 4.74 Å². The lowest BCUT2D eigenvalue weighted by atomic mass is 10.0. The number of thiophene rings is 1. The molecule has 1 atom stereocenters. The first kappa shape index (κ1) is 24.1. The third kappa shape index (κ3) is 6.03. The van der Waals surface area contributed by atoms with Crippen LogP contribution in [0, 0.1) is 6.92 Å². The minimum absolute atomic E-state index is 0.0417. The van der Waals surface area contributed by atoms with Gasteiger partial charge in [0.1, 0.15) is 18.9 Å². The summed E-state index contributed by atoms with van der Waals surface area (Å²) in [6.45, 7) is 12.8. The molecule has 2 heterocycles. The standard InChI is InChI=1S/C25H35N3O3S/c1-17(2)28(24(30)26-25(4,5)6)15-23(29)27-13-11-22-20(12-14-32-22)21(27)16-31-19-9-7-18(3)8-10-19/h7-10,12,14,17,21H,11,13,15-16H2,1-6H3,(H,26,30)/t21-/m1/s1. The fourth-order valence-electron chi connectivity index (χ4n) is 3.80. The normalized spacial score (nSPS) is 16.0. The van der Waals surface area contributed by atoms with E-state index >= 15 is 0 Å². The second-order valence-electron chi connectivity index (χ2n) is 9.68. The van der Waals surface area contributed by atoms with Gasteiger partial charge in [-0.1, -0.05) is 17.7 Å². The fraction of sp³-hybridized carbons (Fsp3) is 0.520. The van der Waals surface area contributed by atoms with Crippen molar-refractivity contribution >= 4 is 23.3 Å². The van der Waals surface area contributed by atoms with E-state index in [9.17, 15) is 9.59 Å². The molecule has 0 saturated carbocycles. The minimum atomic E-state index is -0.367. The van der Waals surface area contributed by atoms with Crippen molar-refractivity contribution in [1.29, 1.82) is 0 Å². The minimum Gasteiger partial charge on any atom is -0.491 e. The smallest absolute Gasteiger partial charge is 0.318 e. The van der Waals surface area contributed by atoms with Crippen molar-refractivity contribution in [3.63, 3.8) is 0 Å². The molecular formula is C25H35N3O3S. The van der Waals surface area contributed by atoms with Crippen LogP contribution in [0.25, 0.3) is 0 Å². The van der Waals surface area contributed by atoms with Crippen molar-refractivity contribution in [2.24, 2.45) is 0 Å². The van der Waals surface area contributed by atoms with Gasteiger partial charge in [-0.05, 0) is 77.1 Å². The van der Waals surface area contributed by atoms with E-state index in [1.165, 1.54) is 10.4 Å². The van der Waals surface area contributed by atoms with Crippen LogP contribution in [0.3, 0.4) is 0 Å². The fourth-order valence-corrected chi connectivity index (χ4v) is 4.73. The second-order valence-corrected chi connectivity index (χ2v) is 10.7. The van der Waals surface area contributed by atoms with Crippen LogP contribution in [0.1, 0.15) is 56.7 Å². The first-order valence-electron chi connectivity index (χ1n) is 11.2. The number of carbonyl (C=O) groups is 2. The molecule has 2 aromatic rings. The predicted octanol–water partition coefficient (Wildman–Crippen LogP) is 4.78. The Balaban J connectivity index is 1.76. The number of amides is 3. The van der Waals surface area contributed by atoms with E-state index in [1.54, 1.807) is 16.2 Å². The number of benzene rings is 1. The second kappa shape index (κ2) is 9.94. The molecule has 1 aliphatic heterocycles. The summed E-state index contributed by atoms with van der Waals surface area (Å²) in [7, 11) is 0. The molecule has 0 aliphatic carbocycles. The van der Waals surface area contributed by atoms with E-state index in [0.717, 1.165) is 17.7 Å². The largest absolute Gasteiger partial charge is 0.491 e. The molecule has 0 fully saturated rings. The van der Waals surface area contributed by atoms with Crippen LogP contribution in [0.5, 0.6) is 5.75 Å². The van der Waals surface area contributed by atoms with Crippen molar-refractivity contribution in [2.75, 3.05) is 19.7 Å². The molecular weight excluding hydrogens is 422 g/mol. The Morgan fingerprint density at radius 3 is 2.53 bits per heavy atom. The quantitative estimate of drug-likeness (QED) is 0.679. The lowest BCUT2D eigenvalue weighted by molar-refractivity contribution is -0.135. The van der Waals surface area contributed by atoms with Gasteiger partial charge in [0.15, 0.2) is 0 Å². The molecule has 1 aromatic heterocycles. The molecule has 6 nitrogen and oxygen atoms in total. The number of nitrogens with one attached hydrogen (secondary N) is 1. The number of carbonyl (C=O) groups excluding carboxylic acids is 2. The number of urea groups is 1. The molecule has 7 heteroatoms. The van der Waals surface area contributed by atoms with Gasteiger partial charge >= 0.3 is 6.03 Å². The van der Waals surface area contributed by atoms with Gasteiger partial charge in [0.25, 0.3) is 0 Å². The topological polar surface area (TPSA) is 61.9 Å². The Hall–Kier alpha value is -2.54. The number of ether oxygens (including phenoxy) is 1. The maximum absolute atomic E-state index is 13.4. The number of nitrogens with zero attached hydrogens (tertiary/aromatic N) is 2. The van der Waals surface area contributed by atoms with Gasteiger partial charge in [-0.15, -0.1) is 11.3 Å². The number of fused-ring (bicyclic) bond motifs is 1. The van der Waals surface area contributed by atoms with Crippen LogP contribution in [-0.4, -0.2) is 53.0 Å². The van der Waals surface area contributed by atoms with Gasteiger partial charge in [-0.3, -0.25) is 4.79 Å². The zero-order chi connectivity index (χ0) is 23.5. The average Bonchev–Trinajstić information content (AvgIpc) is 3.18. The van der Waals surface area contributed by atoms with Crippen molar-refractivity contribution in [3.05, 3.63) is 51.7 Å². The van der Waals surface area contributed by atoms with Crippen LogP contribution < -0.4 is 10.1 Å². The molecule has 3 amide bonds. The summed E-state index contributed by atoms with van der Waals surface area (Å²) >= 11 is 1.73. The van der Waals surface area contributed by atoms with Crippen molar-refractivity contribution in [1.82, 2.24) is 15.1 Å². The highest BCUT2D eigenvalue weighted by Gasteiger charge is 2.34. The summed E-state index contributed by atoms with van der Waals surface area (Å²) in [5.41, 5.74) is 1.96. The number of hydrogen-bond acceptors (Lipinski definition) is 4. The molecule has 3 rings (SSSR count). The van der Waals surface area contributed by atoms with Gasteiger partial charge in [-0.25, -0.2) is 4.79 Å².